The lowest BCUT2D eigenvalue weighted by molar-refractivity contribution is 0.596. The zero-order chi connectivity index (χ0) is 11.1. The first-order valence-electron chi connectivity index (χ1n) is 5.78. The zero-order valence-corrected chi connectivity index (χ0v) is 9.79. The number of rotatable bonds is 6. The number of aryl methyl sites for hydroxylation is 1. The normalized spacial score (nSPS) is 12.5. The van der Waals surface area contributed by atoms with Crippen molar-refractivity contribution in [2.75, 3.05) is 11.9 Å². The van der Waals surface area contributed by atoms with Crippen molar-refractivity contribution in [3.05, 3.63) is 29.8 Å². The molecule has 0 saturated carbocycles. The van der Waals surface area contributed by atoms with Gasteiger partial charge in [0.2, 0.25) is 0 Å². The Labute approximate surface area is 92.9 Å². The van der Waals surface area contributed by atoms with Crippen LogP contribution in [0.3, 0.4) is 0 Å². The Kier molecular flexibility index (Phi) is 5.19. The van der Waals surface area contributed by atoms with Crippen LogP contribution >= 0.6 is 0 Å². The molecule has 2 nitrogen and oxygen atoms in total. The molecular weight excluding hydrogens is 184 g/mol. The van der Waals surface area contributed by atoms with Crippen LogP contribution in [0.1, 0.15) is 31.7 Å². The van der Waals surface area contributed by atoms with Gasteiger partial charge in [0.25, 0.3) is 0 Å². The summed E-state index contributed by atoms with van der Waals surface area (Å²) in [5, 5.41) is 3.37. The maximum Gasteiger partial charge on any atom is 0.0343 e. The average molecular weight is 206 g/mol. The summed E-state index contributed by atoms with van der Waals surface area (Å²) >= 11 is 0. The van der Waals surface area contributed by atoms with Gasteiger partial charge < -0.3 is 11.1 Å². The molecule has 2 heteroatoms. The van der Waals surface area contributed by atoms with Crippen LogP contribution < -0.4 is 11.1 Å². The van der Waals surface area contributed by atoms with E-state index in [-0.39, 0.29) is 6.04 Å². The molecule has 3 N–H and O–H groups in total. The minimum absolute atomic E-state index is 0.269. The van der Waals surface area contributed by atoms with Crippen LogP contribution in [0, 0.1) is 6.92 Å². The molecule has 15 heavy (non-hydrogen) atoms. The summed E-state index contributed by atoms with van der Waals surface area (Å²) in [5.41, 5.74) is 8.43. The molecule has 0 heterocycles. The van der Waals surface area contributed by atoms with Gasteiger partial charge in [-0.2, -0.15) is 0 Å². The van der Waals surface area contributed by atoms with Crippen molar-refractivity contribution in [3.63, 3.8) is 0 Å². The molecule has 84 valence electrons. The van der Waals surface area contributed by atoms with Crippen LogP contribution in [-0.4, -0.2) is 12.6 Å². The summed E-state index contributed by atoms with van der Waals surface area (Å²) in [5.74, 6) is 0. The highest BCUT2D eigenvalue weighted by molar-refractivity contribution is 5.45. The molecule has 0 spiro atoms. The van der Waals surface area contributed by atoms with Gasteiger partial charge in [-0.3, -0.25) is 0 Å². The smallest absolute Gasteiger partial charge is 0.0343 e. The second-order valence-electron chi connectivity index (χ2n) is 4.15. The molecule has 0 saturated heterocycles. The maximum absolute atomic E-state index is 5.98. The third kappa shape index (κ3) is 4.84. The summed E-state index contributed by atoms with van der Waals surface area (Å²) in [6, 6.07) is 8.66. The molecule has 1 aromatic carbocycles. The lowest BCUT2D eigenvalue weighted by Crippen LogP contribution is -2.28. The Morgan fingerprint density at radius 1 is 1.40 bits per heavy atom. The number of hydrogen-bond acceptors (Lipinski definition) is 2. The molecule has 0 amide bonds. The summed E-state index contributed by atoms with van der Waals surface area (Å²) in [6.07, 6.45) is 3.55. The molecule has 1 atom stereocenters. The summed E-state index contributed by atoms with van der Waals surface area (Å²) in [6.45, 7) is 5.16. The Hall–Kier alpha value is -1.02. The Morgan fingerprint density at radius 2 is 2.20 bits per heavy atom. The number of hydrogen-bond donors (Lipinski definition) is 2. The van der Waals surface area contributed by atoms with Crippen LogP contribution in [0.2, 0.25) is 0 Å². The lowest BCUT2D eigenvalue weighted by atomic mass is 10.1. The van der Waals surface area contributed by atoms with Gasteiger partial charge in [-0.25, -0.2) is 0 Å². The zero-order valence-electron chi connectivity index (χ0n) is 9.79. The highest BCUT2D eigenvalue weighted by Crippen LogP contribution is 2.09. The second-order valence-corrected chi connectivity index (χ2v) is 4.15. The third-order valence-corrected chi connectivity index (χ3v) is 2.51. The number of benzene rings is 1. The second kappa shape index (κ2) is 6.46. The van der Waals surface area contributed by atoms with E-state index in [1.807, 2.05) is 0 Å². The molecule has 0 fully saturated rings. The summed E-state index contributed by atoms with van der Waals surface area (Å²) < 4.78 is 0. The first-order valence-corrected chi connectivity index (χ1v) is 5.78. The Morgan fingerprint density at radius 3 is 2.87 bits per heavy atom. The predicted octanol–water partition coefficient (Wildman–Crippen LogP) is 2.92. The third-order valence-electron chi connectivity index (χ3n) is 2.51. The molecule has 0 aliphatic rings. The SMILES string of the molecule is CCCCC(N)CNc1cccc(C)c1. The van der Waals surface area contributed by atoms with Crippen LogP contribution in [-0.2, 0) is 0 Å². The van der Waals surface area contributed by atoms with E-state index < -0.39 is 0 Å². The van der Waals surface area contributed by atoms with Crippen molar-refractivity contribution in [1.82, 2.24) is 0 Å². The number of nitrogens with one attached hydrogen (secondary N) is 1. The predicted molar refractivity (Wildman–Crippen MR) is 67.2 cm³/mol. The number of nitrogens with two attached hydrogens (primary N) is 1. The van der Waals surface area contributed by atoms with Crippen molar-refractivity contribution < 1.29 is 0 Å². The topological polar surface area (TPSA) is 38.0 Å². The summed E-state index contributed by atoms with van der Waals surface area (Å²) in [7, 11) is 0. The van der Waals surface area contributed by atoms with Crippen LogP contribution in [0.4, 0.5) is 5.69 Å². The molecule has 1 aromatic rings. The first-order chi connectivity index (χ1) is 7.22. The molecule has 0 aliphatic heterocycles. The minimum Gasteiger partial charge on any atom is -0.383 e. The van der Waals surface area contributed by atoms with E-state index in [1.54, 1.807) is 0 Å². The molecule has 0 radical (unpaired) electrons. The van der Waals surface area contributed by atoms with Gasteiger partial charge in [0.15, 0.2) is 0 Å². The Bertz CT molecular complexity index is 284. The van der Waals surface area contributed by atoms with Gasteiger partial charge in [0.05, 0.1) is 0 Å². The number of unbranched alkanes of at least 4 members (excludes halogenated alkanes) is 1. The molecular formula is C13H22N2. The molecule has 1 rings (SSSR count). The minimum atomic E-state index is 0.269. The fourth-order valence-corrected chi connectivity index (χ4v) is 1.57. The van der Waals surface area contributed by atoms with E-state index in [0.29, 0.717) is 0 Å². The molecule has 0 aromatic heterocycles. The van der Waals surface area contributed by atoms with Crippen LogP contribution in [0.5, 0.6) is 0 Å². The van der Waals surface area contributed by atoms with Crippen molar-refractivity contribution in [2.45, 2.75) is 39.2 Å². The van der Waals surface area contributed by atoms with Crippen molar-refractivity contribution in [1.29, 1.82) is 0 Å². The average Bonchev–Trinajstić information content (AvgIpc) is 2.23. The van der Waals surface area contributed by atoms with Crippen molar-refractivity contribution >= 4 is 5.69 Å². The standard InChI is InChI=1S/C13H22N2/c1-3-4-7-12(14)10-15-13-8-5-6-11(2)9-13/h5-6,8-9,12,15H,3-4,7,10,14H2,1-2H3. The van der Waals surface area contributed by atoms with Crippen molar-refractivity contribution in [2.24, 2.45) is 5.73 Å². The van der Waals surface area contributed by atoms with E-state index in [2.05, 4.69) is 43.4 Å². The monoisotopic (exact) mass is 206 g/mol. The lowest BCUT2D eigenvalue weighted by Gasteiger charge is -2.13. The van der Waals surface area contributed by atoms with Gasteiger partial charge >= 0.3 is 0 Å². The summed E-state index contributed by atoms with van der Waals surface area (Å²) in [4.78, 5) is 0. The van der Waals surface area contributed by atoms with Crippen LogP contribution in [0.15, 0.2) is 24.3 Å². The number of anilines is 1. The van der Waals surface area contributed by atoms with Gasteiger partial charge in [0, 0.05) is 18.3 Å². The largest absolute Gasteiger partial charge is 0.383 e. The highest BCUT2D eigenvalue weighted by atomic mass is 14.9. The van der Waals surface area contributed by atoms with Gasteiger partial charge in [-0.15, -0.1) is 0 Å². The fourth-order valence-electron chi connectivity index (χ4n) is 1.57. The molecule has 1 unspecified atom stereocenters. The van der Waals surface area contributed by atoms with E-state index in [0.717, 1.165) is 13.0 Å². The molecule has 0 bridgehead atoms. The Balaban J connectivity index is 2.30. The first kappa shape index (κ1) is 12.1. The van der Waals surface area contributed by atoms with Crippen molar-refractivity contribution in [3.8, 4) is 0 Å². The van der Waals surface area contributed by atoms with E-state index in [1.165, 1.54) is 24.1 Å². The van der Waals surface area contributed by atoms with Gasteiger partial charge in [-0.05, 0) is 31.0 Å². The maximum atomic E-state index is 5.98. The highest BCUT2D eigenvalue weighted by Gasteiger charge is 2.01. The van der Waals surface area contributed by atoms with E-state index >= 15 is 0 Å². The van der Waals surface area contributed by atoms with E-state index in [4.69, 9.17) is 5.73 Å². The van der Waals surface area contributed by atoms with Gasteiger partial charge in [0.1, 0.15) is 0 Å². The quantitative estimate of drug-likeness (QED) is 0.751. The van der Waals surface area contributed by atoms with Crippen LogP contribution in [0.25, 0.3) is 0 Å². The van der Waals surface area contributed by atoms with E-state index in [9.17, 15) is 0 Å². The fraction of sp³-hybridized carbons (Fsp3) is 0.538. The molecule has 0 aliphatic carbocycles. The van der Waals surface area contributed by atoms with Gasteiger partial charge in [-0.1, -0.05) is 31.9 Å².